The number of hydrogen-bond acceptors (Lipinski definition) is 3. The predicted molar refractivity (Wildman–Crippen MR) is 56.3 cm³/mol. The van der Waals surface area contributed by atoms with Crippen LogP contribution in [0.3, 0.4) is 0 Å². The number of hydrogen-bond donors (Lipinski definition) is 3. The maximum atomic E-state index is 9.10. The second-order valence-corrected chi connectivity index (χ2v) is 3.25. The summed E-state index contributed by atoms with van der Waals surface area (Å²) >= 11 is 0. The van der Waals surface area contributed by atoms with E-state index in [0.717, 1.165) is 11.1 Å². The summed E-state index contributed by atoms with van der Waals surface area (Å²) in [6, 6.07) is 5.52. The van der Waals surface area contributed by atoms with E-state index in [-0.39, 0.29) is 6.61 Å². The Labute approximate surface area is 84.6 Å². The summed E-state index contributed by atoms with van der Waals surface area (Å²) in [5.41, 5.74) is 2.10. The summed E-state index contributed by atoms with van der Waals surface area (Å²) in [5.74, 6) is 0.384. The molecular weight excluding hydrogens is 180 g/mol. The second kappa shape index (κ2) is 6.40. The van der Waals surface area contributed by atoms with Gasteiger partial charge in [-0.15, -0.1) is 0 Å². The van der Waals surface area contributed by atoms with Crippen LogP contribution in [0.4, 0.5) is 0 Å². The summed E-state index contributed by atoms with van der Waals surface area (Å²) in [7, 11) is 0. The molecule has 0 aliphatic rings. The minimum atomic E-state index is -0.560. The van der Waals surface area contributed by atoms with Gasteiger partial charge in [0.2, 0.25) is 0 Å². The lowest BCUT2D eigenvalue weighted by Gasteiger charge is -1.99. The minimum absolute atomic E-state index is 0.139. The van der Waals surface area contributed by atoms with E-state index in [1.165, 1.54) is 6.92 Å². The van der Waals surface area contributed by atoms with Gasteiger partial charge in [0.25, 0.3) is 0 Å². The van der Waals surface area contributed by atoms with Crippen LogP contribution < -0.4 is 0 Å². The Kier molecular flexibility index (Phi) is 5.92. The predicted octanol–water partition coefficient (Wildman–Crippen LogP) is 1.37. The normalized spacial score (nSPS) is 11.5. The monoisotopic (exact) mass is 198 g/mol. The number of aliphatic hydroxyl groups excluding tert-OH is 2. The zero-order chi connectivity index (χ0) is 11.1. The molecule has 1 aromatic rings. The molecule has 3 nitrogen and oxygen atoms in total. The molecule has 0 saturated heterocycles. The molecule has 3 heteroatoms. The van der Waals surface area contributed by atoms with Crippen LogP contribution in [0.5, 0.6) is 5.75 Å². The fourth-order valence-corrected chi connectivity index (χ4v) is 0.736. The number of phenols is 1. The zero-order valence-corrected chi connectivity index (χ0v) is 8.86. The third-order valence-corrected chi connectivity index (χ3v) is 1.84. The van der Waals surface area contributed by atoms with Gasteiger partial charge in [-0.25, -0.2) is 0 Å². The van der Waals surface area contributed by atoms with E-state index in [4.69, 9.17) is 15.3 Å². The summed E-state index contributed by atoms with van der Waals surface area (Å²) < 4.78 is 0. The van der Waals surface area contributed by atoms with Crippen molar-refractivity contribution in [1.82, 2.24) is 0 Å². The van der Waals surface area contributed by atoms with Gasteiger partial charge >= 0.3 is 0 Å². The molecule has 0 fully saturated rings. The molecular formula is C11H18O3. The smallest absolute Gasteiger partial charge is 0.118 e. The number of rotatable bonds is 1. The Morgan fingerprint density at radius 3 is 2.07 bits per heavy atom. The first-order chi connectivity index (χ1) is 6.49. The number of phenolic OH excluding ortho intramolecular Hbond substituents is 1. The van der Waals surface area contributed by atoms with Gasteiger partial charge in [0, 0.05) is 0 Å². The van der Waals surface area contributed by atoms with E-state index in [1.54, 1.807) is 6.07 Å². The summed E-state index contributed by atoms with van der Waals surface area (Å²) in [5, 5.41) is 25.1. The second-order valence-electron chi connectivity index (χ2n) is 3.25. The molecule has 80 valence electrons. The van der Waals surface area contributed by atoms with Crippen molar-refractivity contribution in [2.75, 3.05) is 6.61 Å². The maximum absolute atomic E-state index is 9.10. The SMILES string of the molecule is CC(O)CO.Cc1cccc(O)c1C. The molecule has 1 rings (SSSR count). The fraction of sp³-hybridized carbons (Fsp3) is 0.455. The van der Waals surface area contributed by atoms with Crippen molar-refractivity contribution in [3.63, 3.8) is 0 Å². The third kappa shape index (κ3) is 4.84. The van der Waals surface area contributed by atoms with Crippen LogP contribution in [0.25, 0.3) is 0 Å². The van der Waals surface area contributed by atoms with Gasteiger partial charge in [-0.1, -0.05) is 12.1 Å². The van der Waals surface area contributed by atoms with Crippen LogP contribution in [0.1, 0.15) is 18.1 Å². The van der Waals surface area contributed by atoms with Crippen molar-refractivity contribution in [3.05, 3.63) is 29.3 Å². The molecule has 0 aliphatic heterocycles. The first-order valence-electron chi connectivity index (χ1n) is 4.53. The van der Waals surface area contributed by atoms with Crippen molar-refractivity contribution in [3.8, 4) is 5.75 Å². The molecule has 1 atom stereocenters. The van der Waals surface area contributed by atoms with Gasteiger partial charge in [0.05, 0.1) is 12.7 Å². The maximum Gasteiger partial charge on any atom is 0.118 e. The molecule has 1 aromatic carbocycles. The quantitative estimate of drug-likeness (QED) is 0.638. The van der Waals surface area contributed by atoms with Crippen molar-refractivity contribution >= 4 is 0 Å². The number of aryl methyl sites for hydroxylation is 1. The number of benzene rings is 1. The van der Waals surface area contributed by atoms with Gasteiger partial charge in [-0.05, 0) is 38.0 Å². The number of aliphatic hydroxyl groups is 2. The van der Waals surface area contributed by atoms with Crippen LogP contribution in [-0.4, -0.2) is 28.0 Å². The molecule has 0 bridgehead atoms. The molecule has 0 radical (unpaired) electrons. The average Bonchev–Trinajstić information content (AvgIpc) is 2.15. The van der Waals surface area contributed by atoms with E-state index < -0.39 is 6.10 Å². The summed E-state index contributed by atoms with van der Waals surface area (Å²) in [6.07, 6.45) is -0.560. The molecule has 3 N–H and O–H groups in total. The first kappa shape index (κ1) is 12.9. The largest absolute Gasteiger partial charge is 0.508 e. The van der Waals surface area contributed by atoms with E-state index >= 15 is 0 Å². The van der Waals surface area contributed by atoms with Gasteiger partial charge in [-0.3, -0.25) is 0 Å². The van der Waals surface area contributed by atoms with E-state index in [1.807, 2.05) is 26.0 Å². The third-order valence-electron chi connectivity index (χ3n) is 1.84. The summed E-state index contributed by atoms with van der Waals surface area (Å²) in [6.45, 7) is 5.28. The molecule has 0 saturated carbocycles. The lowest BCUT2D eigenvalue weighted by atomic mass is 10.1. The Morgan fingerprint density at radius 2 is 1.79 bits per heavy atom. The fourth-order valence-electron chi connectivity index (χ4n) is 0.736. The Morgan fingerprint density at radius 1 is 1.29 bits per heavy atom. The highest BCUT2D eigenvalue weighted by Gasteiger charge is 1.94. The van der Waals surface area contributed by atoms with Gasteiger partial charge in [-0.2, -0.15) is 0 Å². The molecule has 0 spiro atoms. The molecule has 0 heterocycles. The van der Waals surface area contributed by atoms with Crippen molar-refractivity contribution in [2.24, 2.45) is 0 Å². The Balaban J connectivity index is 0.000000292. The van der Waals surface area contributed by atoms with Crippen LogP contribution in [-0.2, 0) is 0 Å². The summed E-state index contributed by atoms with van der Waals surface area (Å²) in [4.78, 5) is 0. The average molecular weight is 198 g/mol. The van der Waals surface area contributed by atoms with E-state index in [2.05, 4.69) is 0 Å². The van der Waals surface area contributed by atoms with Crippen molar-refractivity contribution in [2.45, 2.75) is 26.9 Å². The van der Waals surface area contributed by atoms with Crippen LogP contribution in [0.15, 0.2) is 18.2 Å². The Hall–Kier alpha value is -1.06. The first-order valence-corrected chi connectivity index (χ1v) is 4.53. The molecule has 1 unspecified atom stereocenters. The van der Waals surface area contributed by atoms with E-state index in [9.17, 15) is 0 Å². The van der Waals surface area contributed by atoms with Crippen LogP contribution in [0, 0.1) is 13.8 Å². The van der Waals surface area contributed by atoms with Gasteiger partial charge < -0.3 is 15.3 Å². The van der Waals surface area contributed by atoms with Crippen LogP contribution >= 0.6 is 0 Å². The zero-order valence-electron chi connectivity index (χ0n) is 8.86. The highest BCUT2D eigenvalue weighted by atomic mass is 16.3. The van der Waals surface area contributed by atoms with Gasteiger partial charge in [0.1, 0.15) is 5.75 Å². The highest BCUT2D eigenvalue weighted by Crippen LogP contribution is 2.17. The lowest BCUT2D eigenvalue weighted by molar-refractivity contribution is 0.110. The lowest BCUT2D eigenvalue weighted by Crippen LogP contribution is -2.03. The molecule has 14 heavy (non-hydrogen) atoms. The minimum Gasteiger partial charge on any atom is -0.508 e. The van der Waals surface area contributed by atoms with Gasteiger partial charge in [0.15, 0.2) is 0 Å². The van der Waals surface area contributed by atoms with Crippen molar-refractivity contribution < 1.29 is 15.3 Å². The standard InChI is InChI=1S/C8H10O.C3H8O2/c1-6-4-3-5-8(9)7(6)2;1-3(5)2-4/h3-5,9H,1-2H3;3-5H,2H2,1H3. The topological polar surface area (TPSA) is 60.7 Å². The van der Waals surface area contributed by atoms with Crippen LogP contribution in [0.2, 0.25) is 0 Å². The Bertz CT molecular complexity index is 249. The molecule has 0 aromatic heterocycles. The molecule has 0 amide bonds. The molecule has 0 aliphatic carbocycles. The number of aromatic hydroxyl groups is 1. The highest BCUT2D eigenvalue weighted by molar-refractivity contribution is 5.36. The van der Waals surface area contributed by atoms with Crippen molar-refractivity contribution in [1.29, 1.82) is 0 Å². The van der Waals surface area contributed by atoms with E-state index in [0.29, 0.717) is 5.75 Å².